The molecule has 0 heterocycles. The molecule has 0 fully saturated rings. The van der Waals surface area contributed by atoms with Crippen molar-refractivity contribution in [1.29, 1.82) is 0 Å². The number of aliphatic hydroxyl groups excluding tert-OH is 1. The van der Waals surface area contributed by atoms with E-state index in [9.17, 15) is 4.79 Å². The largest absolute Gasteiger partial charge is 0.456 e. The van der Waals surface area contributed by atoms with Crippen LogP contribution in [-0.4, -0.2) is 23.3 Å². The summed E-state index contributed by atoms with van der Waals surface area (Å²) in [5.74, 6) is -0.327. The quantitative estimate of drug-likeness (QED) is 0.797. The highest BCUT2D eigenvalue weighted by Gasteiger charge is 2.17. The van der Waals surface area contributed by atoms with Gasteiger partial charge in [-0.3, -0.25) is 0 Å². The van der Waals surface area contributed by atoms with E-state index in [-0.39, 0.29) is 12.6 Å². The second-order valence-corrected chi connectivity index (χ2v) is 4.68. The number of aliphatic hydroxyl groups is 1. The van der Waals surface area contributed by atoms with Crippen LogP contribution in [0.25, 0.3) is 0 Å². The molecule has 1 rings (SSSR count). The van der Waals surface area contributed by atoms with Gasteiger partial charge in [0.05, 0.1) is 5.56 Å². The molecule has 0 spiro atoms. The predicted molar refractivity (Wildman–Crippen MR) is 62.4 cm³/mol. The molecule has 3 heteroatoms. The number of carbonyl (C=O) groups is 1. The first kappa shape index (κ1) is 12.7. The Morgan fingerprint density at radius 2 is 2.06 bits per heavy atom. The first-order chi connectivity index (χ1) is 7.42. The van der Waals surface area contributed by atoms with Crippen LogP contribution in [-0.2, 0) is 11.2 Å². The minimum atomic E-state index is -0.482. The van der Waals surface area contributed by atoms with Crippen LogP contribution in [0.4, 0.5) is 0 Å². The molecule has 1 aromatic carbocycles. The lowest BCUT2D eigenvalue weighted by Crippen LogP contribution is -2.23. The molecular weight excluding hydrogens is 204 g/mol. The summed E-state index contributed by atoms with van der Waals surface area (Å²) in [5, 5.41) is 8.82. The molecule has 0 amide bonds. The van der Waals surface area contributed by atoms with Gasteiger partial charge in [0.15, 0.2) is 0 Å². The maximum Gasteiger partial charge on any atom is 0.338 e. The molecule has 0 saturated heterocycles. The van der Waals surface area contributed by atoms with E-state index in [0.29, 0.717) is 12.0 Å². The zero-order valence-corrected chi connectivity index (χ0v) is 9.99. The van der Waals surface area contributed by atoms with Gasteiger partial charge in [0.1, 0.15) is 5.60 Å². The van der Waals surface area contributed by atoms with Gasteiger partial charge < -0.3 is 9.84 Å². The number of benzene rings is 1. The second kappa shape index (κ2) is 5.12. The molecule has 0 bridgehead atoms. The van der Waals surface area contributed by atoms with Gasteiger partial charge in [-0.15, -0.1) is 0 Å². The highest BCUT2D eigenvalue weighted by molar-refractivity contribution is 5.89. The van der Waals surface area contributed by atoms with Gasteiger partial charge in [-0.25, -0.2) is 4.79 Å². The van der Waals surface area contributed by atoms with Crippen molar-refractivity contribution in [1.82, 2.24) is 0 Å². The number of hydrogen-bond donors (Lipinski definition) is 1. The first-order valence-electron chi connectivity index (χ1n) is 5.35. The second-order valence-electron chi connectivity index (χ2n) is 4.68. The Hall–Kier alpha value is -1.35. The summed E-state index contributed by atoms with van der Waals surface area (Å²) in [6.07, 6.45) is 0.552. The first-order valence-corrected chi connectivity index (χ1v) is 5.35. The van der Waals surface area contributed by atoms with Crippen molar-refractivity contribution in [3.8, 4) is 0 Å². The predicted octanol–water partition coefficient (Wildman–Crippen LogP) is 2.18. The summed E-state index contributed by atoms with van der Waals surface area (Å²) in [4.78, 5) is 11.7. The van der Waals surface area contributed by atoms with Gasteiger partial charge in [0.25, 0.3) is 0 Å². The van der Waals surface area contributed by atoms with Crippen LogP contribution in [0.5, 0.6) is 0 Å². The van der Waals surface area contributed by atoms with E-state index in [0.717, 1.165) is 5.56 Å². The third-order valence-electron chi connectivity index (χ3n) is 1.96. The van der Waals surface area contributed by atoms with Gasteiger partial charge in [0.2, 0.25) is 0 Å². The van der Waals surface area contributed by atoms with Crippen LogP contribution in [0, 0.1) is 0 Å². The van der Waals surface area contributed by atoms with Crippen LogP contribution < -0.4 is 0 Å². The monoisotopic (exact) mass is 222 g/mol. The Balaban J connectivity index is 2.79. The Kier molecular flexibility index (Phi) is 4.07. The van der Waals surface area contributed by atoms with E-state index < -0.39 is 5.60 Å². The molecule has 1 aromatic rings. The molecule has 0 radical (unpaired) electrons. The zero-order chi connectivity index (χ0) is 12.2. The molecule has 16 heavy (non-hydrogen) atoms. The van der Waals surface area contributed by atoms with Crippen LogP contribution in [0.15, 0.2) is 24.3 Å². The fourth-order valence-corrected chi connectivity index (χ4v) is 1.32. The Morgan fingerprint density at radius 3 is 2.62 bits per heavy atom. The minimum Gasteiger partial charge on any atom is -0.456 e. The summed E-state index contributed by atoms with van der Waals surface area (Å²) >= 11 is 0. The summed E-state index contributed by atoms with van der Waals surface area (Å²) in [6.45, 7) is 5.59. The molecule has 3 nitrogen and oxygen atoms in total. The van der Waals surface area contributed by atoms with E-state index in [4.69, 9.17) is 9.84 Å². The standard InChI is InChI=1S/C13H18O3/c1-13(2,3)16-12(15)11-6-4-5-10(9-11)7-8-14/h4-6,9,14H,7-8H2,1-3H3. The van der Waals surface area contributed by atoms with Gasteiger partial charge in [-0.2, -0.15) is 0 Å². The summed E-state index contributed by atoms with van der Waals surface area (Å²) in [7, 11) is 0. The molecule has 0 aliphatic carbocycles. The molecule has 0 unspecified atom stereocenters. The van der Waals surface area contributed by atoms with Gasteiger partial charge in [-0.1, -0.05) is 12.1 Å². The van der Waals surface area contributed by atoms with Gasteiger partial charge >= 0.3 is 5.97 Å². The van der Waals surface area contributed by atoms with Crippen LogP contribution in [0.3, 0.4) is 0 Å². The number of hydrogen-bond acceptors (Lipinski definition) is 3. The van der Waals surface area contributed by atoms with Crippen molar-refractivity contribution in [2.24, 2.45) is 0 Å². The third kappa shape index (κ3) is 4.03. The number of ether oxygens (including phenoxy) is 1. The van der Waals surface area contributed by atoms with Crippen LogP contribution in [0.2, 0.25) is 0 Å². The Labute approximate surface area is 96.1 Å². The molecule has 88 valence electrons. The number of carbonyl (C=O) groups excluding carboxylic acids is 1. The molecule has 0 aromatic heterocycles. The summed E-state index contributed by atoms with van der Waals surface area (Å²) in [6, 6.07) is 7.15. The molecule has 0 saturated carbocycles. The van der Waals surface area contributed by atoms with Crippen molar-refractivity contribution in [2.75, 3.05) is 6.61 Å². The van der Waals surface area contributed by atoms with Crippen molar-refractivity contribution in [3.05, 3.63) is 35.4 Å². The Morgan fingerprint density at radius 1 is 1.38 bits per heavy atom. The highest BCUT2D eigenvalue weighted by Crippen LogP contribution is 2.13. The lowest BCUT2D eigenvalue weighted by Gasteiger charge is -2.19. The van der Waals surface area contributed by atoms with Crippen molar-refractivity contribution < 1.29 is 14.6 Å². The van der Waals surface area contributed by atoms with E-state index >= 15 is 0 Å². The summed E-state index contributed by atoms with van der Waals surface area (Å²) in [5.41, 5.74) is 0.982. The fraction of sp³-hybridized carbons (Fsp3) is 0.462. The lowest BCUT2D eigenvalue weighted by atomic mass is 10.1. The van der Waals surface area contributed by atoms with Gasteiger partial charge in [0, 0.05) is 6.61 Å². The average molecular weight is 222 g/mol. The van der Waals surface area contributed by atoms with E-state index in [1.165, 1.54) is 0 Å². The average Bonchev–Trinajstić information content (AvgIpc) is 2.16. The maximum atomic E-state index is 11.7. The lowest BCUT2D eigenvalue weighted by molar-refractivity contribution is 0.00693. The summed E-state index contributed by atoms with van der Waals surface area (Å²) < 4.78 is 5.26. The molecule has 0 atom stereocenters. The minimum absolute atomic E-state index is 0.0811. The molecule has 1 N–H and O–H groups in total. The fourth-order valence-electron chi connectivity index (χ4n) is 1.32. The van der Waals surface area contributed by atoms with E-state index in [2.05, 4.69) is 0 Å². The van der Waals surface area contributed by atoms with E-state index in [1.807, 2.05) is 26.8 Å². The Bertz CT molecular complexity index is 364. The SMILES string of the molecule is CC(C)(C)OC(=O)c1cccc(CCO)c1. The van der Waals surface area contributed by atoms with Crippen LogP contribution in [0.1, 0.15) is 36.7 Å². The van der Waals surface area contributed by atoms with Crippen molar-refractivity contribution >= 4 is 5.97 Å². The smallest absolute Gasteiger partial charge is 0.338 e. The van der Waals surface area contributed by atoms with Crippen molar-refractivity contribution in [2.45, 2.75) is 32.8 Å². The molecular formula is C13H18O3. The molecule has 0 aliphatic rings. The highest BCUT2D eigenvalue weighted by atomic mass is 16.6. The number of rotatable bonds is 3. The van der Waals surface area contributed by atoms with Crippen LogP contribution >= 0.6 is 0 Å². The number of esters is 1. The normalized spacial score (nSPS) is 11.2. The van der Waals surface area contributed by atoms with Crippen molar-refractivity contribution in [3.63, 3.8) is 0 Å². The molecule has 0 aliphatic heterocycles. The maximum absolute atomic E-state index is 11.7. The zero-order valence-electron chi connectivity index (χ0n) is 9.99. The van der Waals surface area contributed by atoms with Gasteiger partial charge in [-0.05, 0) is 44.9 Å². The topological polar surface area (TPSA) is 46.5 Å². The van der Waals surface area contributed by atoms with E-state index in [1.54, 1.807) is 18.2 Å². The third-order valence-corrected chi connectivity index (χ3v) is 1.96.